The lowest BCUT2D eigenvalue weighted by Gasteiger charge is -2.25. The van der Waals surface area contributed by atoms with E-state index in [0.717, 1.165) is 94.8 Å². The first kappa shape index (κ1) is 102. The summed E-state index contributed by atoms with van der Waals surface area (Å²) in [5.74, 6) is 0.682. The highest BCUT2D eigenvalue weighted by Crippen LogP contribution is 2.46. The molecule has 0 aliphatic heterocycles. The van der Waals surface area contributed by atoms with Crippen LogP contribution in [0, 0.1) is 69.2 Å². The van der Waals surface area contributed by atoms with Crippen molar-refractivity contribution >= 4 is 95.4 Å². The summed E-state index contributed by atoms with van der Waals surface area (Å²) in [5, 5.41) is 68.6. The molecule has 0 aliphatic carbocycles. The van der Waals surface area contributed by atoms with Gasteiger partial charge in [0.15, 0.2) is 0 Å². The molecule has 0 spiro atoms. The highest BCUT2D eigenvalue weighted by atomic mass is 35.5. The van der Waals surface area contributed by atoms with E-state index in [1.807, 2.05) is 150 Å². The first-order valence-corrected chi connectivity index (χ1v) is 41.0. The Morgan fingerprint density at radius 2 is 0.504 bits per heavy atom. The lowest BCUT2D eigenvalue weighted by atomic mass is 9.79. The first-order chi connectivity index (χ1) is 56.4. The third-order valence-corrected chi connectivity index (χ3v) is 20.7. The van der Waals surface area contributed by atoms with Crippen LogP contribution in [0.2, 0.25) is 20.1 Å². The Morgan fingerprint density at radius 3 is 0.777 bits per heavy atom. The number of ether oxygens (including phenoxy) is 7. The normalized spacial score (nSPS) is 11.0. The molecule has 0 fully saturated rings. The molecule has 0 radical (unpaired) electrons. The van der Waals surface area contributed by atoms with Crippen LogP contribution in [0.5, 0.6) is 34.5 Å². The minimum atomic E-state index is -1.52. The highest BCUT2D eigenvalue weighted by molar-refractivity contribution is 6.59. The molecule has 0 unspecified atom stereocenters. The number of aryl methyl sites for hydroxylation is 10. The summed E-state index contributed by atoms with van der Waals surface area (Å²) in [6.07, 6.45) is 0. The second-order valence-electron chi connectivity index (χ2n) is 31.7. The number of rotatable bonds is 21. The SMILES string of the molecule is CCOC(=O)C(C)(C)c1cc(C)c(-c2cc(C)cc(C)c2)c(OC)c1.CCOC(=O)C(C)(C)c1cc(C)c(-c2cc(Cl)cc(Cl)c2)c(OC)c1.CCOC(=O)C(C)(C)c1cc(O)c(-c2cc(C)cc(C)c2)c(O)c1.CCOC(=O)C(C)(C)c1cc(O)c(-c2cc(C)cc(C)c2)c(OC)c1.Cc1cc(C)cc(B(O)O)c1.OB(O)c1cc(Cl)cc(Cl)c1. The topological polar surface area (TPSA) is 274 Å². The molecule has 18 nitrogen and oxygen atoms in total. The number of carbonyl (C=O) groups is 4. The second kappa shape index (κ2) is 44.7. The Bertz CT molecular complexity index is 4780. The van der Waals surface area contributed by atoms with Gasteiger partial charge in [0.05, 0.1) is 80.5 Å². The number of hydrogen-bond acceptors (Lipinski definition) is 18. The van der Waals surface area contributed by atoms with E-state index >= 15 is 0 Å². The fraction of sp³-hybridized carbons (Fsp3) is 0.340. The van der Waals surface area contributed by atoms with Crippen LogP contribution in [0.1, 0.15) is 161 Å². The molecule has 10 rings (SSSR count). The second-order valence-corrected chi connectivity index (χ2v) is 33.5. The van der Waals surface area contributed by atoms with Crippen molar-refractivity contribution in [1.82, 2.24) is 0 Å². The van der Waals surface area contributed by atoms with Gasteiger partial charge in [-0.2, -0.15) is 0 Å². The average Bonchev–Trinajstić information content (AvgIpc) is 1.75. The molecule has 0 amide bonds. The van der Waals surface area contributed by atoms with Crippen molar-refractivity contribution < 1.29 is 87.8 Å². The lowest BCUT2D eigenvalue weighted by Crippen LogP contribution is -2.31. The van der Waals surface area contributed by atoms with E-state index in [-0.39, 0.29) is 41.8 Å². The summed E-state index contributed by atoms with van der Waals surface area (Å²) >= 11 is 23.5. The van der Waals surface area contributed by atoms with E-state index in [1.165, 1.54) is 41.5 Å². The molecule has 10 aromatic carbocycles. The van der Waals surface area contributed by atoms with Gasteiger partial charge in [-0.1, -0.05) is 176 Å². The van der Waals surface area contributed by atoms with E-state index in [2.05, 4.69) is 51.1 Å². The highest BCUT2D eigenvalue weighted by Gasteiger charge is 2.37. The summed E-state index contributed by atoms with van der Waals surface area (Å²) < 4.78 is 37.5. The van der Waals surface area contributed by atoms with Crippen LogP contribution in [0.4, 0.5) is 0 Å². The zero-order valence-corrected chi connectivity index (χ0v) is 77.2. The smallest absolute Gasteiger partial charge is 0.488 e. The van der Waals surface area contributed by atoms with Gasteiger partial charge in [0.25, 0.3) is 0 Å². The molecule has 0 heterocycles. The van der Waals surface area contributed by atoms with Gasteiger partial charge in [-0.25, -0.2) is 0 Å². The Balaban J connectivity index is 0.000000265. The number of phenolic OH excluding ortho intramolecular Hbond substituents is 3. The molecule has 0 atom stereocenters. The molecule has 121 heavy (non-hydrogen) atoms. The first-order valence-electron chi connectivity index (χ1n) is 39.5. The third kappa shape index (κ3) is 27.5. The van der Waals surface area contributed by atoms with Crippen molar-refractivity contribution in [1.29, 1.82) is 0 Å². The van der Waals surface area contributed by atoms with Gasteiger partial charge < -0.3 is 68.6 Å². The quantitative estimate of drug-likeness (QED) is 0.0200. The number of aromatic hydroxyl groups is 3. The number of methoxy groups -OCH3 is 3. The van der Waals surface area contributed by atoms with Crippen molar-refractivity contribution in [2.45, 2.75) is 174 Å². The van der Waals surface area contributed by atoms with E-state index in [0.29, 0.717) is 84.6 Å². The van der Waals surface area contributed by atoms with Crippen molar-refractivity contribution in [2.75, 3.05) is 47.8 Å². The molecule has 0 bridgehead atoms. The summed E-state index contributed by atoms with van der Waals surface area (Å²) in [4.78, 5) is 49.1. The lowest BCUT2D eigenvalue weighted by molar-refractivity contribution is -0.149. The van der Waals surface area contributed by atoms with Crippen LogP contribution < -0.4 is 25.1 Å². The standard InChI is InChI=1S/C22H28O3.C21H26O4.C20H22Cl2O3.C20H24O4.C8H11BO2.C6H5BCl2O2/c1-8-25-21(23)22(5,6)18-12-16(4)20(19(13-18)24-7)17-10-14(2)9-15(3)11-17;1-7-25-20(23)21(4,5)16-11-17(22)19(18(12-16)24-6)15-9-13(2)8-14(3)10-15;1-6-25-19(23)20(3,4)14-7-12(2)18(17(10-14)24-5)13-8-15(21)11-16(22)9-13;1-6-24-19(23)20(4,5)15-10-16(21)18(17(22)11-15)14-8-12(2)7-13(3)9-14;1-6-3-7(2)5-8(4-6)9(10)11;8-5-1-4(7(10)11)2-6(9)3-5/h9-13H,8H2,1-7H3;8-12,22H,7H2,1-6H3;7-11H,6H2,1-5H3;7-11,21-22H,6H2,1-5H3;3-5,10-11H,1-2H3;1-3,10-11H. The van der Waals surface area contributed by atoms with Gasteiger partial charge >= 0.3 is 38.1 Å². The fourth-order valence-electron chi connectivity index (χ4n) is 13.6. The monoisotopic (exact) mass is 1730 g/mol. The Hall–Kier alpha value is -9.99. The Kier molecular flexibility index (Phi) is 37.5. The number of carbonyl (C=O) groups excluding carboxylic acids is 4. The molecule has 0 aliphatic rings. The summed E-state index contributed by atoms with van der Waals surface area (Å²) in [5.41, 5.74) is 17.8. The fourth-order valence-corrected chi connectivity index (χ4v) is 14.7. The van der Waals surface area contributed by atoms with Crippen LogP contribution in [-0.4, -0.2) is 121 Å². The van der Waals surface area contributed by atoms with Crippen LogP contribution in [0.25, 0.3) is 44.5 Å². The van der Waals surface area contributed by atoms with Gasteiger partial charge in [0.2, 0.25) is 0 Å². The van der Waals surface area contributed by atoms with E-state index in [1.54, 1.807) is 100 Å². The van der Waals surface area contributed by atoms with Gasteiger partial charge in [-0.05, 0) is 292 Å². The molecular formula is C97H116B2Cl4O18. The molecule has 0 aromatic heterocycles. The Morgan fingerprint density at radius 1 is 0.289 bits per heavy atom. The van der Waals surface area contributed by atoms with E-state index in [4.69, 9.17) is 99.7 Å². The van der Waals surface area contributed by atoms with Gasteiger partial charge in [0, 0.05) is 31.2 Å². The van der Waals surface area contributed by atoms with Crippen molar-refractivity contribution in [2.24, 2.45) is 0 Å². The summed E-state index contributed by atoms with van der Waals surface area (Å²) in [7, 11) is 1.95. The van der Waals surface area contributed by atoms with Crippen LogP contribution in [0.15, 0.2) is 158 Å². The third-order valence-electron chi connectivity index (χ3n) is 19.9. The maximum Gasteiger partial charge on any atom is 0.488 e. The van der Waals surface area contributed by atoms with Crippen molar-refractivity contribution in [3.8, 4) is 79.0 Å². The predicted molar refractivity (Wildman–Crippen MR) is 491 cm³/mol. The van der Waals surface area contributed by atoms with Crippen LogP contribution >= 0.6 is 46.4 Å². The maximum absolute atomic E-state index is 12.4. The number of phenols is 3. The molecule has 0 saturated carbocycles. The summed E-state index contributed by atoms with van der Waals surface area (Å²) in [6.45, 7) is 42.9. The largest absolute Gasteiger partial charge is 0.507 e. The van der Waals surface area contributed by atoms with Gasteiger partial charge in [-0.3, -0.25) is 19.2 Å². The number of esters is 4. The Labute approximate surface area is 734 Å². The van der Waals surface area contributed by atoms with Crippen molar-refractivity contribution in [3.63, 3.8) is 0 Å². The van der Waals surface area contributed by atoms with Crippen LogP contribution in [0.3, 0.4) is 0 Å². The van der Waals surface area contributed by atoms with Crippen molar-refractivity contribution in [3.05, 3.63) is 256 Å². The van der Waals surface area contributed by atoms with Gasteiger partial charge in [-0.15, -0.1) is 0 Å². The van der Waals surface area contributed by atoms with Crippen LogP contribution in [-0.2, 0) is 59.8 Å². The van der Waals surface area contributed by atoms with E-state index < -0.39 is 41.9 Å². The summed E-state index contributed by atoms with van der Waals surface area (Å²) in [6, 6.07) is 48.0. The molecule has 0 saturated heterocycles. The molecule has 646 valence electrons. The number of benzene rings is 10. The average molecular weight is 1730 g/mol. The zero-order valence-electron chi connectivity index (χ0n) is 74.1. The minimum absolute atomic E-state index is 0.0626. The molecule has 7 N–H and O–H groups in total. The molecular weight excluding hydrogens is 1620 g/mol. The van der Waals surface area contributed by atoms with Gasteiger partial charge in [0.1, 0.15) is 34.5 Å². The molecule has 10 aromatic rings. The zero-order chi connectivity index (χ0) is 91.3. The number of halogens is 4. The minimum Gasteiger partial charge on any atom is -0.507 e. The van der Waals surface area contributed by atoms with E-state index in [9.17, 15) is 34.5 Å². The molecule has 24 heteroatoms. The number of hydrogen-bond donors (Lipinski definition) is 7. The maximum atomic E-state index is 12.4. The predicted octanol–water partition coefficient (Wildman–Crippen LogP) is 20.4.